The van der Waals surface area contributed by atoms with Crippen LogP contribution in [0.1, 0.15) is 38.3 Å². The lowest BCUT2D eigenvalue weighted by Gasteiger charge is -2.28. The zero-order valence-corrected chi connectivity index (χ0v) is 19.1. The van der Waals surface area contributed by atoms with E-state index in [1.165, 1.54) is 0 Å². The molecule has 0 aliphatic carbocycles. The van der Waals surface area contributed by atoms with Crippen LogP contribution in [0.25, 0.3) is 0 Å². The lowest BCUT2D eigenvalue weighted by atomic mass is 9.89. The summed E-state index contributed by atoms with van der Waals surface area (Å²) in [6.45, 7) is 5.26. The van der Waals surface area contributed by atoms with Crippen LogP contribution in [0.4, 0.5) is 4.79 Å². The molecule has 0 fully saturated rings. The molecule has 174 valence electrons. The zero-order valence-electron chi connectivity index (χ0n) is 19.1. The van der Waals surface area contributed by atoms with Gasteiger partial charge in [-0.05, 0) is 63.3 Å². The maximum atomic E-state index is 12.4. The fourth-order valence-electron chi connectivity index (χ4n) is 3.38. The second-order valence-corrected chi connectivity index (χ2v) is 8.83. The van der Waals surface area contributed by atoms with Crippen molar-refractivity contribution in [2.75, 3.05) is 7.11 Å². The van der Waals surface area contributed by atoms with Crippen LogP contribution in [0.15, 0.2) is 54.6 Å². The highest BCUT2D eigenvalue weighted by Crippen LogP contribution is 2.20. The van der Waals surface area contributed by atoms with Crippen LogP contribution < -0.4 is 10.1 Å². The summed E-state index contributed by atoms with van der Waals surface area (Å²) in [7, 11) is 1.57. The third-order valence-electron chi connectivity index (χ3n) is 4.98. The third-order valence-corrected chi connectivity index (χ3v) is 4.98. The first-order valence-electron chi connectivity index (χ1n) is 10.6. The van der Waals surface area contributed by atoms with Gasteiger partial charge in [-0.2, -0.15) is 0 Å². The monoisotopic (exact) mass is 443 g/mol. The number of hydrogen-bond acceptors (Lipinski definition) is 5. The van der Waals surface area contributed by atoms with Gasteiger partial charge in [-0.25, -0.2) is 4.79 Å². The Morgan fingerprint density at radius 3 is 2.09 bits per heavy atom. The Labute approximate surface area is 189 Å². The number of benzene rings is 2. The molecular formula is C25H33NO6. The Kier molecular flexibility index (Phi) is 9.08. The molecule has 7 heteroatoms. The van der Waals surface area contributed by atoms with Gasteiger partial charge in [-0.1, -0.05) is 42.5 Å². The number of carbonyl (C=O) groups is 2. The topological polar surface area (TPSA) is 105 Å². The molecule has 7 nitrogen and oxygen atoms in total. The molecule has 0 saturated carbocycles. The summed E-state index contributed by atoms with van der Waals surface area (Å²) in [5, 5.41) is 23.4. The number of aliphatic carboxylic acids is 1. The molecule has 2 rings (SSSR count). The van der Waals surface area contributed by atoms with Crippen molar-refractivity contribution in [3.05, 3.63) is 65.7 Å². The Bertz CT molecular complexity index is 860. The number of ether oxygens (including phenoxy) is 2. The second kappa shape index (κ2) is 11.5. The summed E-state index contributed by atoms with van der Waals surface area (Å²) < 4.78 is 10.5. The van der Waals surface area contributed by atoms with E-state index >= 15 is 0 Å². The fourth-order valence-corrected chi connectivity index (χ4v) is 3.38. The minimum atomic E-state index is -1.09. The van der Waals surface area contributed by atoms with Crippen LogP contribution in [0.5, 0.6) is 5.75 Å². The molecule has 0 aromatic heterocycles. The summed E-state index contributed by atoms with van der Waals surface area (Å²) >= 11 is 0. The Morgan fingerprint density at radius 2 is 1.56 bits per heavy atom. The van der Waals surface area contributed by atoms with E-state index < -0.39 is 35.7 Å². The Balaban J connectivity index is 2.16. The number of rotatable bonds is 10. The number of aliphatic hydroxyl groups excluding tert-OH is 1. The minimum Gasteiger partial charge on any atom is -0.497 e. The molecule has 0 aliphatic rings. The molecule has 0 radical (unpaired) electrons. The number of carbonyl (C=O) groups excluding carboxylic acids is 1. The van der Waals surface area contributed by atoms with Gasteiger partial charge in [0.05, 0.1) is 25.2 Å². The third kappa shape index (κ3) is 8.59. The number of hydrogen-bond donors (Lipinski definition) is 3. The van der Waals surface area contributed by atoms with E-state index in [-0.39, 0.29) is 12.8 Å². The van der Waals surface area contributed by atoms with E-state index in [0.29, 0.717) is 12.2 Å². The van der Waals surface area contributed by atoms with E-state index in [4.69, 9.17) is 9.47 Å². The highest BCUT2D eigenvalue weighted by atomic mass is 16.6. The number of aliphatic hydroxyl groups is 1. The standard InChI is InChI=1S/C25H33NO6/c1-25(2,3)32-24(30)26-21(15-18-10-12-20(31-4)13-11-18)22(27)16-19(23(28)29)14-17-8-6-5-7-9-17/h5-13,19,21-22,27H,14-16H2,1-4H3,(H,26,30)(H,28,29). The summed E-state index contributed by atoms with van der Waals surface area (Å²) in [6.07, 6.45) is -1.17. The van der Waals surface area contributed by atoms with Crippen LogP contribution in [-0.4, -0.2) is 47.1 Å². The van der Waals surface area contributed by atoms with Crippen molar-refractivity contribution in [2.45, 2.75) is 57.8 Å². The van der Waals surface area contributed by atoms with Crippen molar-refractivity contribution in [3.8, 4) is 5.75 Å². The molecule has 0 saturated heterocycles. The van der Waals surface area contributed by atoms with E-state index in [1.54, 1.807) is 40.0 Å². The van der Waals surface area contributed by atoms with Gasteiger partial charge < -0.3 is 25.0 Å². The smallest absolute Gasteiger partial charge is 0.407 e. The molecule has 32 heavy (non-hydrogen) atoms. The average Bonchev–Trinajstić information content (AvgIpc) is 2.72. The largest absolute Gasteiger partial charge is 0.497 e. The highest BCUT2D eigenvalue weighted by Gasteiger charge is 2.29. The summed E-state index contributed by atoms with van der Waals surface area (Å²) in [5.74, 6) is -1.10. The SMILES string of the molecule is COc1ccc(CC(NC(=O)OC(C)(C)C)C(O)CC(Cc2ccccc2)C(=O)O)cc1. The molecular weight excluding hydrogens is 410 g/mol. The maximum absolute atomic E-state index is 12.4. The van der Waals surface area contributed by atoms with Crippen molar-refractivity contribution < 1.29 is 29.3 Å². The molecule has 1 amide bonds. The molecule has 3 unspecified atom stereocenters. The normalized spacial score (nSPS) is 14.2. The Morgan fingerprint density at radius 1 is 0.969 bits per heavy atom. The van der Waals surface area contributed by atoms with Crippen molar-refractivity contribution in [1.29, 1.82) is 0 Å². The van der Waals surface area contributed by atoms with Gasteiger partial charge in [-0.15, -0.1) is 0 Å². The average molecular weight is 444 g/mol. The molecule has 0 aliphatic heterocycles. The van der Waals surface area contributed by atoms with Gasteiger partial charge in [0.15, 0.2) is 0 Å². The molecule has 3 atom stereocenters. The molecule has 2 aromatic rings. The van der Waals surface area contributed by atoms with Crippen LogP contribution in [0.2, 0.25) is 0 Å². The van der Waals surface area contributed by atoms with Crippen LogP contribution in [0.3, 0.4) is 0 Å². The fraction of sp³-hybridized carbons (Fsp3) is 0.440. The van der Waals surface area contributed by atoms with E-state index in [2.05, 4.69) is 5.32 Å². The van der Waals surface area contributed by atoms with Crippen molar-refractivity contribution in [3.63, 3.8) is 0 Å². The quantitative estimate of drug-likeness (QED) is 0.516. The maximum Gasteiger partial charge on any atom is 0.407 e. The first-order chi connectivity index (χ1) is 15.1. The summed E-state index contributed by atoms with van der Waals surface area (Å²) in [6, 6.07) is 15.8. The van der Waals surface area contributed by atoms with Gasteiger partial charge in [0.1, 0.15) is 11.4 Å². The lowest BCUT2D eigenvalue weighted by Crippen LogP contribution is -2.47. The predicted molar refractivity (Wildman–Crippen MR) is 122 cm³/mol. The molecule has 2 aromatic carbocycles. The summed E-state index contributed by atoms with van der Waals surface area (Å²) in [5.41, 5.74) is 1.04. The van der Waals surface area contributed by atoms with Crippen molar-refractivity contribution >= 4 is 12.1 Å². The van der Waals surface area contributed by atoms with Gasteiger partial charge in [-0.3, -0.25) is 4.79 Å². The Hall–Kier alpha value is -3.06. The number of carboxylic acids is 1. The minimum absolute atomic E-state index is 0.0130. The van der Waals surface area contributed by atoms with Gasteiger partial charge in [0.25, 0.3) is 0 Å². The zero-order chi connectivity index (χ0) is 23.7. The number of carboxylic acid groups (broad SMARTS) is 1. The van der Waals surface area contributed by atoms with E-state index in [9.17, 15) is 19.8 Å². The second-order valence-electron chi connectivity index (χ2n) is 8.83. The number of nitrogens with one attached hydrogen (secondary N) is 1. The van der Waals surface area contributed by atoms with E-state index in [0.717, 1.165) is 11.1 Å². The van der Waals surface area contributed by atoms with Crippen LogP contribution >= 0.6 is 0 Å². The highest BCUT2D eigenvalue weighted by molar-refractivity contribution is 5.70. The van der Waals surface area contributed by atoms with Crippen molar-refractivity contribution in [1.82, 2.24) is 5.32 Å². The number of amides is 1. The first kappa shape index (κ1) is 25.2. The van der Waals surface area contributed by atoms with Crippen LogP contribution in [0, 0.1) is 5.92 Å². The molecule has 0 bridgehead atoms. The lowest BCUT2D eigenvalue weighted by molar-refractivity contribution is -0.143. The molecule has 3 N–H and O–H groups in total. The van der Waals surface area contributed by atoms with Crippen LogP contribution in [-0.2, 0) is 22.4 Å². The molecule has 0 heterocycles. The van der Waals surface area contributed by atoms with Gasteiger partial charge in [0, 0.05) is 0 Å². The van der Waals surface area contributed by atoms with E-state index in [1.807, 2.05) is 42.5 Å². The number of alkyl carbamates (subject to hydrolysis) is 1. The predicted octanol–water partition coefficient (Wildman–Crippen LogP) is 3.83. The van der Waals surface area contributed by atoms with Gasteiger partial charge in [0.2, 0.25) is 0 Å². The summed E-state index contributed by atoms with van der Waals surface area (Å²) in [4.78, 5) is 24.3. The van der Waals surface area contributed by atoms with Crippen molar-refractivity contribution in [2.24, 2.45) is 5.92 Å². The molecule has 0 spiro atoms. The van der Waals surface area contributed by atoms with Gasteiger partial charge >= 0.3 is 12.1 Å². The number of methoxy groups -OCH3 is 1. The first-order valence-corrected chi connectivity index (χ1v) is 10.6.